The van der Waals surface area contributed by atoms with Gasteiger partial charge in [0.05, 0.1) is 11.7 Å². The molecular weight excluding hydrogens is 264 g/mol. The van der Waals surface area contributed by atoms with Gasteiger partial charge in [-0.3, -0.25) is 0 Å². The second-order valence-corrected chi connectivity index (χ2v) is 5.65. The zero-order valence-corrected chi connectivity index (χ0v) is 12.6. The lowest BCUT2D eigenvalue weighted by molar-refractivity contribution is 0.0251. The van der Waals surface area contributed by atoms with Crippen LogP contribution in [0.5, 0.6) is 0 Å². The highest BCUT2D eigenvalue weighted by Crippen LogP contribution is 2.20. The molecule has 1 heterocycles. The minimum absolute atomic E-state index is 0.364. The number of nitrogens with zero attached hydrogens (tertiary/aromatic N) is 2. The second-order valence-electron chi connectivity index (χ2n) is 5.65. The molecule has 1 fully saturated rings. The van der Waals surface area contributed by atoms with Crippen molar-refractivity contribution in [1.29, 1.82) is 5.26 Å². The van der Waals surface area contributed by atoms with Crippen LogP contribution in [0.3, 0.4) is 0 Å². The second kappa shape index (κ2) is 7.96. The van der Waals surface area contributed by atoms with E-state index in [4.69, 9.17) is 15.7 Å². The molecule has 0 radical (unpaired) electrons. The highest BCUT2D eigenvalue weighted by molar-refractivity contribution is 5.55. The standard InChI is InChI=1S/C16H24N4O/c1-12-7-9-20-16(15(12)11-17)19-8-2-10-21-14-5-3-13(18)4-6-14/h7,9,13-14H,2-6,8,10,18H2,1H3,(H,19,20). The number of hydrogen-bond donors (Lipinski definition) is 2. The molecule has 0 bridgehead atoms. The molecule has 0 unspecified atom stereocenters. The molecule has 3 N–H and O–H groups in total. The molecule has 5 nitrogen and oxygen atoms in total. The number of pyridine rings is 1. The highest BCUT2D eigenvalue weighted by atomic mass is 16.5. The Labute approximate surface area is 126 Å². The molecule has 0 atom stereocenters. The first-order chi connectivity index (χ1) is 10.2. The average Bonchev–Trinajstić information content (AvgIpc) is 2.49. The fourth-order valence-corrected chi connectivity index (χ4v) is 2.62. The van der Waals surface area contributed by atoms with Gasteiger partial charge in [-0.15, -0.1) is 0 Å². The Hall–Kier alpha value is -1.64. The van der Waals surface area contributed by atoms with E-state index in [-0.39, 0.29) is 0 Å². The zero-order valence-electron chi connectivity index (χ0n) is 12.6. The quantitative estimate of drug-likeness (QED) is 0.785. The Kier molecular flexibility index (Phi) is 5.97. The van der Waals surface area contributed by atoms with Gasteiger partial charge in [0.2, 0.25) is 0 Å². The van der Waals surface area contributed by atoms with Gasteiger partial charge in [-0.1, -0.05) is 0 Å². The van der Waals surface area contributed by atoms with Gasteiger partial charge < -0.3 is 15.8 Å². The molecule has 0 aromatic carbocycles. The third kappa shape index (κ3) is 4.69. The average molecular weight is 288 g/mol. The van der Waals surface area contributed by atoms with Gasteiger partial charge in [0.15, 0.2) is 0 Å². The van der Waals surface area contributed by atoms with Crippen molar-refractivity contribution in [2.75, 3.05) is 18.5 Å². The minimum atomic E-state index is 0.364. The topological polar surface area (TPSA) is 84.0 Å². The molecule has 0 saturated heterocycles. The van der Waals surface area contributed by atoms with E-state index in [2.05, 4.69) is 16.4 Å². The van der Waals surface area contributed by atoms with Crippen LogP contribution in [0.15, 0.2) is 12.3 Å². The van der Waals surface area contributed by atoms with E-state index in [0.717, 1.165) is 50.8 Å². The van der Waals surface area contributed by atoms with Crippen molar-refractivity contribution in [3.63, 3.8) is 0 Å². The van der Waals surface area contributed by atoms with Crippen LogP contribution < -0.4 is 11.1 Å². The number of hydrogen-bond acceptors (Lipinski definition) is 5. The van der Waals surface area contributed by atoms with E-state index in [1.165, 1.54) is 0 Å². The Morgan fingerprint density at radius 3 is 2.90 bits per heavy atom. The summed E-state index contributed by atoms with van der Waals surface area (Å²) in [5.74, 6) is 0.668. The first kappa shape index (κ1) is 15.7. The lowest BCUT2D eigenvalue weighted by atomic mass is 9.94. The molecule has 0 amide bonds. The highest BCUT2D eigenvalue weighted by Gasteiger charge is 2.18. The first-order valence-corrected chi connectivity index (χ1v) is 7.67. The molecule has 5 heteroatoms. The van der Waals surface area contributed by atoms with Gasteiger partial charge in [-0.05, 0) is 50.7 Å². The predicted octanol–water partition coefficient (Wildman–Crippen LogP) is 2.35. The molecule has 114 valence electrons. The predicted molar refractivity (Wildman–Crippen MR) is 83.0 cm³/mol. The van der Waals surface area contributed by atoms with Gasteiger partial charge in [0, 0.05) is 25.4 Å². The molecule has 1 saturated carbocycles. The third-order valence-electron chi connectivity index (χ3n) is 3.96. The van der Waals surface area contributed by atoms with Crippen molar-refractivity contribution in [1.82, 2.24) is 4.98 Å². The van der Waals surface area contributed by atoms with E-state index in [9.17, 15) is 0 Å². The number of anilines is 1. The fraction of sp³-hybridized carbons (Fsp3) is 0.625. The van der Waals surface area contributed by atoms with Crippen molar-refractivity contribution in [3.8, 4) is 6.07 Å². The van der Waals surface area contributed by atoms with Gasteiger partial charge in [0.25, 0.3) is 0 Å². The van der Waals surface area contributed by atoms with Crippen LogP contribution in [-0.4, -0.2) is 30.3 Å². The summed E-state index contributed by atoms with van der Waals surface area (Å²) < 4.78 is 5.87. The number of nitrogens with two attached hydrogens (primary N) is 1. The maximum Gasteiger partial charge on any atom is 0.144 e. The van der Waals surface area contributed by atoms with Crippen LogP contribution in [-0.2, 0) is 4.74 Å². The maximum absolute atomic E-state index is 9.13. The van der Waals surface area contributed by atoms with Crippen molar-refractivity contribution in [2.24, 2.45) is 5.73 Å². The minimum Gasteiger partial charge on any atom is -0.378 e. The van der Waals surface area contributed by atoms with E-state index < -0.39 is 0 Å². The van der Waals surface area contributed by atoms with Crippen molar-refractivity contribution < 1.29 is 4.74 Å². The number of aromatic nitrogens is 1. The summed E-state index contributed by atoms with van der Waals surface area (Å²) in [5.41, 5.74) is 7.45. The van der Waals surface area contributed by atoms with Crippen LogP contribution >= 0.6 is 0 Å². The smallest absolute Gasteiger partial charge is 0.144 e. The molecule has 1 aliphatic carbocycles. The maximum atomic E-state index is 9.13. The van der Waals surface area contributed by atoms with Gasteiger partial charge in [0.1, 0.15) is 11.9 Å². The molecular formula is C16H24N4O. The molecule has 1 aromatic rings. The summed E-state index contributed by atoms with van der Waals surface area (Å²) in [7, 11) is 0. The molecule has 0 spiro atoms. The lowest BCUT2D eigenvalue weighted by Crippen LogP contribution is -2.30. The van der Waals surface area contributed by atoms with Gasteiger partial charge >= 0.3 is 0 Å². The van der Waals surface area contributed by atoms with E-state index in [1.54, 1.807) is 6.20 Å². The van der Waals surface area contributed by atoms with Crippen molar-refractivity contribution in [2.45, 2.75) is 51.2 Å². The largest absolute Gasteiger partial charge is 0.378 e. The Bertz CT molecular complexity index is 490. The SMILES string of the molecule is Cc1ccnc(NCCCOC2CCC(N)CC2)c1C#N. The monoisotopic (exact) mass is 288 g/mol. The van der Waals surface area contributed by atoms with Crippen molar-refractivity contribution >= 4 is 5.82 Å². The van der Waals surface area contributed by atoms with E-state index in [1.807, 2.05) is 13.0 Å². The zero-order chi connectivity index (χ0) is 15.1. The van der Waals surface area contributed by atoms with Crippen LogP contribution in [0.4, 0.5) is 5.82 Å². The number of aryl methyl sites for hydroxylation is 1. The Balaban J connectivity index is 1.66. The lowest BCUT2D eigenvalue weighted by Gasteiger charge is -2.26. The Morgan fingerprint density at radius 2 is 2.19 bits per heavy atom. The molecule has 0 aliphatic heterocycles. The fourth-order valence-electron chi connectivity index (χ4n) is 2.62. The third-order valence-corrected chi connectivity index (χ3v) is 3.96. The van der Waals surface area contributed by atoms with Crippen LogP contribution in [0, 0.1) is 18.3 Å². The molecule has 1 aliphatic rings. The van der Waals surface area contributed by atoms with E-state index in [0.29, 0.717) is 23.5 Å². The van der Waals surface area contributed by atoms with Crippen molar-refractivity contribution in [3.05, 3.63) is 23.4 Å². The number of nitrogens with one attached hydrogen (secondary N) is 1. The van der Waals surface area contributed by atoms with Crippen LogP contribution in [0.1, 0.15) is 43.2 Å². The summed E-state index contributed by atoms with van der Waals surface area (Å²) in [6.45, 7) is 3.42. The Morgan fingerprint density at radius 1 is 1.43 bits per heavy atom. The summed E-state index contributed by atoms with van der Waals surface area (Å²) in [4.78, 5) is 4.22. The van der Waals surface area contributed by atoms with Gasteiger partial charge in [-0.25, -0.2) is 4.98 Å². The number of rotatable bonds is 6. The van der Waals surface area contributed by atoms with Crippen LogP contribution in [0.25, 0.3) is 0 Å². The summed E-state index contributed by atoms with van der Waals surface area (Å²) in [6, 6.07) is 4.40. The van der Waals surface area contributed by atoms with E-state index >= 15 is 0 Å². The molecule has 2 rings (SSSR count). The normalized spacial score (nSPS) is 21.8. The summed E-state index contributed by atoms with van der Waals surface area (Å²) >= 11 is 0. The first-order valence-electron chi connectivity index (χ1n) is 7.67. The number of ether oxygens (including phenoxy) is 1. The molecule has 21 heavy (non-hydrogen) atoms. The van der Waals surface area contributed by atoms with Crippen LogP contribution in [0.2, 0.25) is 0 Å². The molecule has 1 aromatic heterocycles. The summed E-state index contributed by atoms with van der Waals surface area (Å²) in [5, 5.41) is 12.3. The summed E-state index contributed by atoms with van der Waals surface area (Å²) in [6.07, 6.45) is 7.29. The van der Waals surface area contributed by atoms with Gasteiger partial charge in [-0.2, -0.15) is 5.26 Å². The number of nitriles is 1.